The molecule has 0 aliphatic carbocycles. The van der Waals surface area contributed by atoms with Crippen LogP contribution in [0.5, 0.6) is 5.75 Å². The van der Waals surface area contributed by atoms with Gasteiger partial charge in [-0.3, -0.25) is 9.78 Å². The van der Waals surface area contributed by atoms with Crippen LogP contribution in [0.25, 0.3) is 17.1 Å². The van der Waals surface area contributed by atoms with E-state index in [1.165, 1.54) is 0 Å². The smallest absolute Gasteiger partial charge is 0.323 e. The summed E-state index contributed by atoms with van der Waals surface area (Å²) in [7, 11) is 4.08. The number of nitrogens with zero attached hydrogens (tertiary/aromatic N) is 5. The van der Waals surface area contributed by atoms with Gasteiger partial charge in [0.25, 0.3) is 0 Å². The number of likely N-dealkylation sites (N-methyl/N-ethyl adjacent to an activating group) is 1. The molecule has 0 unspecified atom stereocenters. The normalized spacial score (nSPS) is 16.5. The Bertz CT molecular complexity index is 1570. The van der Waals surface area contributed by atoms with E-state index in [0.717, 1.165) is 48.5 Å². The molecule has 0 spiro atoms. The maximum absolute atomic E-state index is 13.3. The van der Waals surface area contributed by atoms with Crippen molar-refractivity contribution in [2.24, 2.45) is 7.05 Å². The summed E-state index contributed by atoms with van der Waals surface area (Å²) < 4.78 is 7.93. The zero-order valence-electron chi connectivity index (χ0n) is 21.1. The Morgan fingerprint density at radius 1 is 1.03 bits per heavy atom. The number of rotatable bonds is 4. The average molecular weight is 510 g/mol. The van der Waals surface area contributed by atoms with Gasteiger partial charge in [-0.2, -0.15) is 0 Å². The SMILES string of the molecule is CN1CCN(c2ccnc3c2c(C=C2Oc4ccc(NC(=O)Nc5cccnc5)cc4C2=O)cn3C)CC1. The summed E-state index contributed by atoms with van der Waals surface area (Å²) in [5, 5.41) is 6.46. The molecule has 10 nitrogen and oxygen atoms in total. The summed E-state index contributed by atoms with van der Waals surface area (Å²) in [6, 6.07) is 10.1. The predicted octanol–water partition coefficient (Wildman–Crippen LogP) is 3.98. The van der Waals surface area contributed by atoms with Crippen molar-refractivity contribution in [1.82, 2.24) is 19.4 Å². The summed E-state index contributed by atoms with van der Waals surface area (Å²) in [5.41, 5.74) is 4.27. The number of ether oxygens (including phenoxy) is 1. The molecule has 2 N–H and O–H groups in total. The molecule has 38 heavy (non-hydrogen) atoms. The molecule has 0 radical (unpaired) electrons. The summed E-state index contributed by atoms with van der Waals surface area (Å²) in [6.07, 6.45) is 8.77. The first kappa shape index (κ1) is 23.7. The van der Waals surface area contributed by atoms with Gasteiger partial charge in [-0.05, 0) is 49.5 Å². The second kappa shape index (κ2) is 9.64. The van der Waals surface area contributed by atoms with Gasteiger partial charge in [-0.15, -0.1) is 0 Å². The van der Waals surface area contributed by atoms with Gasteiger partial charge in [0, 0.05) is 74.1 Å². The van der Waals surface area contributed by atoms with E-state index in [1.807, 2.05) is 30.1 Å². The molecule has 4 aromatic rings. The first-order valence-corrected chi connectivity index (χ1v) is 12.4. The zero-order chi connectivity index (χ0) is 26.2. The van der Waals surface area contributed by atoms with Crippen LogP contribution >= 0.6 is 0 Å². The maximum atomic E-state index is 13.3. The highest BCUT2D eigenvalue weighted by molar-refractivity contribution is 6.16. The van der Waals surface area contributed by atoms with Crippen LogP contribution in [0.3, 0.4) is 0 Å². The molecule has 0 atom stereocenters. The highest BCUT2D eigenvalue weighted by Crippen LogP contribution is 2.36. The van der Waals surface area contributed by atoms with E-state index in [0.29, 0.717) is 22.7 Å². The number of nitrogens with one attached hydrogen (secondary N) is 2. The van der Waals surface area contributed by atoms with E-state index in [4.69, 9.17) is 4.74 Å². The minimum Gasteiger partial charge on any atom is -0.452 e. The molecule has 2 amide bonds. The van der Waals surface area contributed by atoms with Crippen molar-refractivity contribution in [3.8, 4) is 5.75 Å². The van der Waals surface area contributed by atoms with Crippen LogP contribution in [0.2, 0.25) is 0 Å². The quantitative estimate of drug-likeness (QED) is 0.401. The van der Waals surface area contributed by atoms with Gasteiger partial charge in [0.15, 0.2) is 5.76 Å². The fourth-order valence-corrected chi connectivity index (χ4v) is 4.88. The Labute approximate surface area is 219 Å². The number of anilines is 3. The molecule has 0 bridgehead atoms. The lowest BCUT2D eigenvalue weighted by molar-refractivity contribution is 0.101. The van der Waals surface area contributed by atoms with Gasteiger partial charge in [-0.25, -0.2) is 9.78 Å². The van der Waals surface area contributed by atoms with Gasteiger partial charge >= 0.3 is 6.03 Å². The van der Waals surface area contributed by atoms with E-state index in [9.17, 15) is 9.59 Å². The number of amides is 2. The van der Waals surface area contributed by atoms with Gasteiger partial charge in [0.05, 0.1) is 17.4 Å². The van der Waals surface area contributed by atoms with E-state index in [2.05, 4.69) is 37.4 Å². The number of hydrogen-bond donors (Lipinski definition) is 2. The van der Waals surface area contributed by atoms with Crippen molar-refractivity contribution < 1.29 is 14.3 Å². The van der Waals surface area contributed by atoms with Crippen molar-refractivity contribution in [2.45, 2.75) is 0 Å². The Kier molecular flexibility index (Phi) is 6.01. The number of Topliss-reactive ketones (excluding diaryl/α,β-unsaturated/α-hetero) is 1. The molecule has 3 aromatic heterocycles. The van der Waals surface area contributed by atoms with E-state index in [1.54, 1.807) is 48.8 Å². The first-order chi connectivity index (χ1) is 18.5. The first-order valence-electron chi connectivity index (χ1n) is 12.4. The number of aryl methyl sites for hydroxylation is 1. The van der Waals surface area contributed by atoms with Crippen LogP contribution in [0.1, 0.15) is 15.9 Å². The van der Waals surface area contributed by atoms with Gasteiger partial charge in [-0.1, -0.05) is 0 Å². The van der Waals surface area contributed by atoms with Crippen LogP contribution in [0.15, 0.2) is 66.9 Å². The summed E-state index contributed by atoms with van der Waals surface area (Å²) in [6.45, 7) is 3.82. The Morgan fingerprint density at radius 3 is 2.63 bits per heavy atom. The fraction of sp³-hybridized carbons (Fsp3) is 0.214. The van der Waals surface area contributed by atoms with Gasteiger partial charge in [0.1, 0.15) is 11.4 Å². The predicted molar refractivity (Wildman–Crippen MR) is 147 cm³/mol. The molecule has 2 aliphatic heterocycles. The highest BCUT2D eigenvalue weighted by Gasteiger charge is 2.29. The van der Waals surface area contributed by atoms with Crippen molar-refractivity contribution in [2.75, 3.05) is 48.8 Å². The lowest BCUT2D eigenvalue weighted by Gasteiger charge is -2.34. The number of fused-ring (bicyclic) bond motifs is 2. The number of carbonyl (C=O) groups excluding carboxylic acids is 2. The van der Waals surface area contributed by atoms with Crippen LogP contribution in [-0.2, 0) is 7.05 Å². The van der Waals surface area contributed by atoms with Crippen molar-refractivity contribution in [1.29, 1.82) is 0 Å². The summed E-state index contributed by atoms with van der Waals surface area (Å²) in [4.78, 5) is 39.0. The molecule has 192 valence electrons. The van der Waals surface area contributed by atoms with Crippen molar-refractivity contribution >= 4 is 46.0 Å². The fourth-order valence-electron chi connectivity index (χ4n) is 4.88. The monoisotopic (exact) mass is 509 g/mol. The highest BCUT2D eigenvalue weighted by atomic mass is 16.5. The molecule has 5 heterocycles. The largest absolute Gasteiger partial charge is 0.452 e. The van der Waals surface area contributed by atoms with Crippen LogP contribution < -0.4 is 20.3 Å². The Morgan fingerprint density at radius 2 is 1.84 bits per heavy atom. The summed E-state index contributed by atoms with van der Waals surface area (Å²) >= 11 is 0. The standard InChI is InChI=1S/C28H27N7O3/c1-33-10-12-35(13-11-33)22-7-9-30-27-25(22)18(17-34(27)2)14-24-26(36)21-15-19(5-6-23(21)38-24)31-28(37)32-20-4-3-8-29-16-20/h3-9,14-17H,10-13H2,1-2H3,(H2,31,32,37). The number of urea groups is 1. The molecular weight excluding hydrogens is 482 g/mol. The number of pyridine rings is 2. The van der Waals surface area contributed by atoms with Crippen LogP contribution in [-0.4, -0.2) is 64.5 Å². The minimum absolute atomic E-state index is 0.234. The number of allylic oxidation sites excluding steroid dienone is 1. The molecule has 0 saturated carbocycles. The van der Waals surface area contributed by atoms with Gasteiger partial charge < -0.3 is 29.7 Å². The molecule has 1 fully saturated rings. The summed E-state index contributed by atoms with van der Waals surface area (Å²) in [5.74, 6) is 0.452. The van der Waals surface area contributed by atoms with E-state index in [-0.39, 0.29) is 11.5 Å². The molecule has 1 saturated heterocycles. The number of ketones is 1. The lowest BCUT2D eigenvalue weighted by Crippen LogP contribution is -2.44. The third kappa shape index (κ3) is 4.46. The van der Waals surface area contributed by atoms with Gasteiger partial charge in [0.2, 0.25) is 5.78 Å². The molecule has 6 rings (SSSR count). The number of benzene rings is 1. The Hall–Kier alpha value is -4.70. The van der Waals surface area contributed by atoms with Crippen LogP contribution in [0, 0.1) is 0 Å². The van der Waals surface area contributed by atoms with E-state index >= 15 is 0 Å². The maximum Gasteiger partial charge on any atom is 0.323 e. The number of piperazine rings is 1. The second-order valence-electron chi connectivity index (χ2n) is 9.49. The second-order valence-corrected chi connectivity index (χ2v) is 9.49. The number of hydrogen-bond acceptors (Lipinski definition) is 7. The Balaban J connectivity index is 1.27. The number of carbonyl (C=O) groups is 2. The zero-order valence-corrected chi connectivity index (χ0v) is 21.1. The van der Waals surface area contributed by atoms with Crippen LogP contribution in [0.4, 0.5) is 21.9 Å². The minimum atomic E-state index is -0.431. The van der Waals surface area contributed by atoms with E-state index < -0.39 is 6.03 Å². The average Bonchev–Trinajstić information content (AvgIpc) is 3.41. The molecule has 1 aromatic carbocycles. The third-order valence-corrected chi connectivity index (χ3v) is 6.84. The topological polar surface area (TPSA) is 105 Å². The molecule has 2 aliphatic rings. The molecular formula is C28H27N7O3. The van der Waals surface area contributed by atoms with Crippen molar-refractivity contribution in [3.05, 3.63) is 78.1 Å². The van der Waals surface area contributed by atoms with Crippen molar-refractivity contribution in [3.63, 3.8) is 0 Å². The third-order valence-electron chi connectivity index (χ3n) is 6.84. The lowest BCUT2D eigenvalue weighted by atomic mass is 10.1. The number of aromatic nitrogens is 3. The molecule has 10 heteroatoms.